The first-order valence-electron chi connectivity index (χ1n) is 6.49. The van der Waals surface area contributed by atoms with Crippen LogP contribution in [0.15, 0.2) is 36.7 Å². The van der Waals surface area contributed by atoms with Crippen molar-refractivity contribution in [3.63, 3.8) is 0 Å². The van der Waals surface area contributed by atoms with Gasteiger partial charge in [-0.05, 0) is 24.3 Å². The average Bonchev–Trinajstić information content (AvgIpc) is 2.52. The van der Waals surface area contributed by atoms with Gasteiger partial charge in [0.1, 0.15) is 11.0 Å². The van der Waals surface area contributed by atoms with Gasteiger partial charge in [0, 0.05) is 38.6 Å². The Morgan fingerprint density at radius 3 is 1.95 bits per heavy atom. The smallest absolute Gasteiger partial charge is 0.129 e. The Balaban J connectivity index is 0.000000173. The van der Waals surface area contributed by atoms with Crippen LogP contribution in [-0.2, 0) is 0 Å². The highest BCUT2D eigenvalue weighted by molar-refractivity contribution is 6.32. The fourth-order valence-electron chi connectivity index (χ4n) is 1.81. The van der Waals surface area contributed by atoms with E-state index >= 15 is 0 Å². The van der Waals surface area contributed by atoms with Crippen molar-refractivity contribution in [3.8, 4) is 0 Å². The molecule has 0 radical (unpaired) electrons. The maximum Gasteiger partial charge on any atom is 0.129 e. The predicted molar refractivity (Wildman–Crippen MR) is 88.6 cm³/mol. The summed E-state index contributed by atoms with van der Waals surface area (Å²) in [6.45, 7) is 4.11. The van der Waals surface area contributed by atoms with Gasteiger partial charge in [-0.25, -0.2) is 9.97 Å². The second-order valence-corrected chi connectivity index (χ2v) is 5.63. The van der Waals surface area contributed by atoms with Crippen LogP contribution in [0.5, 0.6) is 0 Å². The van der Waals surface area contributed by atoms with Crippen LogP contribution in [0.1, 0.15) is 0 Å². The Hall–Kier alpha value is -1.07. The molecule has 2 aromatic heterocycles. The van der Waals surface area contributed by atoms with Gasteiger partial charge in [-0.3, -0.25) is 0 Å². The third-order valence-electron chi connectivity index (χ3n) is 2.84. The van der Waals surface area contributed by atoms with Crippen LogP contribution in [0.4, 0.5) is 5.82 Å². The zero-order valence-corrected chi connectivity index (χ0v) is 13.5. The van der Waals surface area contributed by atoms with Gasteiger partial charge in [0.05, 0.1) is 10.0 Å². The number of aromatic nitrogens is 2. The molecule has 1 saturated heterocycles. The van der Waals surface area contributed by atoms with Gasteiger partial charge < -0.3 is 10.2 Å². The maximum absolute atomic E-state index is 5.76. The number of hydrogen-bond donors (Lipinski definition) is 1. The molecule has 0 unspecified atom stereocenters. The highest BCUT2D eigenvalue weighted by atomic mass is 35.5. The number of halogens is 3. The van der Waals surface area contributed by atoms with Gasteiger partial charge in [0.25, 0.3) is 0 Å². The first-order valence-corrected chi connectivity index (χ1v) is 7.63. The van der Waals surface area contributed by atoms with E-state index < -0.39 is 0 Å². The minimum absolute atomic E-state index is 0.467. The molecule has 0 spiro atoms. The number of anilines is 1. The second-order valence-electron chi connectivity index (χ2n) is 4.37. The first-order chi connectivity index (χ1) is 10.1. The highest BCUT2D eigenvalue weighted by Crippen LogP contribution is 2.14. The Morgan fingerprint density at radius 1 is 0.857 bits per heavy atom. The minimum Gasteiger partial charge on any atom is -0.354 e. The van der Waals surface area contributed by atoms with Crippen molar-refractivity contribution in [1.82, 2.24) is 15.3 Å². The molecular formula is C14H15Cl3N4. The third-order valence-corrected chi connectivity index (χ3v) is 3.51. The number of hydrogen-bond acceptors (Lipinski definition) is 4. The van der Waals surface area contributed by atoms with Gasteiger partial charge in [0.15, 0.2) is 0 Å². The molecule has 0 aliphatic carbocycles. The summed E-state index contributed by atoms with van der Waals surface area (Å²) in [4.78, 5) is 10.2. The van der Waals surface area contributed by atoms with E-state index in [-0.39, 0.29) is 0 Å². The van der Waals surface area contributed by atoms with E-state index in [9.17, 15) is 0 Å². The summed E-state index contributed by atoms with van der Waals surface area (Å²) in [5.41, 5.74) is 0. The van der Waals surface area contributed by atoms with Crippen molar-refractivity contribution in [2.75, 3.05) is 31.1 Å². The molecule has 7 heteroatoms. The molecule has 21 heavy (non-hydrogen) atoms. The molecule has 1 aliphatic heterocycles. The zero-order valence-electron chi connectivity index (χ0n) is 11.3. The van der Waals surface area contributed by atoms with Crippen molar-refractivity contribution >= 4 is 40.6 Å². The fourth-order valence-corrected chi connectivity index (χ4v) is 2.14. The molecule has 4 nitrogen and oxygen atoms in total. The van der Waals surface area contributed by atoms with Gasteiger partial charge >= 0.3 is 0 Å². The molecule has 0 amide bonds. The molecule has 1 N–H and O–H groups in total. The lowest BCUT2D eigenvalue weighted by Gasteiger charge is -2.28. The Kier molecular flexibility index (Phi) is 6.51. The van der Waals surface area contributed by atoms with Crippen molar-refractivity contribution in [2.45, 2.75) is 0 Å². The van der Waals surface area contributed by atoms with E-state index in [1.54, 1.807) is 18.3 Å². The lowest BCUT2D eigenvalue weighted by atomic mass is 10.3. The van der Waals surface area contributed by atoms with E-state index in [1.807, 2.05) is 12.1 Å². The Morgan fingerprint density at radius 2 is 1.48 bits per heavy atom. The summed E-state index contributed by atoms with van der Waals surface area (Å²) in [7, 11) is 0. The number of rotatable bonds is 1. The minimum atomic E-state index is 0.467. The van der Waals surface area contributed by atoms with Crippen LogP contribution in [0.3, 0.4) is 0 Å². The second kappa shape index (κ2) is 8.39. The SMILES string of the molecule is Clc1ccc(Cl)nc1.Clc1ccc(N2CCNCC2)nc1. The van der Waals surface area contributed by atoms with Crippen LogP contribution in [0.2, 0.25) is 15.2 Å². The summed E-state index contributed by atoms with van der Waals surface area (Å²) in [6.07, 6.45) is 3.20. The average molecular weight is 346 g/mol. The maximum atomic E-state index is 5.76. The fraction of sp³-hybridized carbons (Fsp3) is 0.286. The van der Waals surface area contributed by atoms with Gasteiger partial charge in [-0.2, -0.15) is 0 Å². The molecule has 2 aromatic rings. The zero-order chi connectivity index (χ0) is 15.1. The quantitative estimate of drug-likeness (QED) is 0.803. The molecule has 0 bridgehead atoms. The number of piperazine rings is 1. The predicted octanol–water partition coefficient (Wildman–Crippen LogP) is 3.53. The third kappa shape index (κ3) is 5.67. The molecule has 3 rings (SSSR count). The number of nitrogens with zero attached hydrogens (tertiary/aromatic N) is 3. The molecule has 0 saturated carbocycles. The van der Waals surface area contributed by atoms with Crippen molar-refractivity contribution < 1.29 is 0 Å². The standard InChI is InChI=1S/C9H12ClN3.C5H3Cl2N/c10-8-1-2-9(12-7-8)13-5-3-11-4-6-13;6-4-1-2-5(7)8-3-4/h1-2,7,11H,3-6H2;1-3H. The van der Waals surface area contributed by atoms with Crippen molar-refractivity contribution in [1.29, 1.82) is 0 Å². The Bertz CT molecular complexity index is 518. The van der Waals surface area contributed by atoms with Crippen LogP contribution in [0.25, 0.3) is 0 Å². The number of nitrogens with one attached hydrogen (secondary N) is 1. The monoisotopic (exact) mass is 344 g/mol. The molecule has 1 fully saturated rings. The molecule has 0 atom stereocenters. The van der Waals surface area contributed by atoms with Crippen LogP contribution < -0.4 is 10.2 Å². The summed E-state index contributed by atoms with van der Waals surface area (Å²) < 4.78 is 0. The van der Waals surface area contributed by atoms with E-state index in [1.165, 1.54) is 6.20 Å². The summed E-state index contributed by atoms with van der Waals surface area (Å²) in [6, 6.07) is 7.18. The van der Waals surface area contributed by atoms with Crippen LogP contribution in [-0.4, -0.2) is 36.1 Å². The molecule has 112 valence electrons. The molecular weight excluding hydrogens is 331 g/mol. The normalized spacial score (nSPS) is 14.3. The molecule has 0 aromatic carbocycles. The molecule has 3 heterocycles. The largest absolute Gasteiger partial charge is 0.354 e. The topological polar surface area (TPSA) is 41.1 Å². The van der Waals surface area contributed by atoms with Crippen LogP contribution >= 0.6 is 34.8 Å². The van der Waals surface area contributed by atoms with Gasteiger partial charge in [-0.1, -0.05) is 34.8 Å². The number of pyridine rings is 2. The lowest BCUT2D eigenvalue weighted by molar-refractivity contribution is 0.585. The summed E-state index contributed by atoms with van der Waals surface area (Å²) in [5.74, 6) is 1.02. The van der Waals surface area contributed by atoms with Crippen molar-refractivity contribution in [3.05, 3.63) is 51.9 Å². The van der Waals surface area contributed by atoms with Crippen molar-refractivity contribution in [2.24, 2.45) is 0 Å². The molecule has 1 aliphatic rings. The lowest BCUT2D eigenvalue weighted by Crippen LogP contribution is -2.43. The summed E-state index contributed by atoms with van der Waals surface area (Å²) >= 11 is 16.7. The summed E-state index contributed by atoms with van der Waals surface area (Å²) in [5, 5.41) is 5.07. The van der Waals surface area contributed by atoms with E-state index in [2.05, 4.69) is 20.2 Å². The van der Waals surface area contributed by atoms with Gasteiger partial charge in [-0.15, -0.1) is 0 Å². The first kappa shape index (κ1) is 16.3. The van der Waals surface area contributed by atoms with Crippen LogP contribution in [0, 0.1) is 0 Å². The highest BCUT2D eigenvalue weighted by Gasteiger charge is 2.10. The van der Waals surface area contributed by atoms with E-state index in [0.717, 1.165) is 32.0 Å². The van der Waals surface area contributed by atoms with E-state index in [4.69, 9.17) is 34.8 Å². The van der Waals surface area contributed by atoms with Gasteiger partial charge in [0.2, 0.25) is 0 Å². The van der Waals surface area contributed by atoms with E-state index in [0.29, 0.717) is 15.2 Å². The Labute approximate surface area is 139 Å².